The Balaban J connectivity index is 2.31. The summed E-state index contributed by atoms with van der Waals surface area (Å²) in [5.74, 6) is 0.0135. The van der Waals surface area contributed by atoms with Crippen molar-refractivity contribution in [2.75, 3.05) is 7.11 Å². The normalized spacial score (nSPS) is 11.3. The van der Waals surface area contributed by atoms with Gasteiger partial charge < -0.3 is 9.84 Å². The number of rotatable bonds is 3. The van der Waals surface area contributed by atoms with E-state index in [4.69, 9.17) is 4.74 Å². The zero-order valence-corrected chi connectivity index (χ0v) is 9.93. The maximum Gasteiger partial charge on any atom is 0.160 e. The summed E-state index contributed by atoms with van der Waals surface area (Å²) in [6, 6.07) is 13.5. The molecule has 0 atom stereocenters. The van der Waals surface area contributed by atoms with Crippen LogP contribution in [0.5, 0.6) is 11.5 Å². The highest BCUT2D eigenvalue weighted by Gasteiger charge is 2.03. The highest BCUT2D eigenvalue weighted by Crippen LogP contribution is 2.28. The number of ether oxygens (including phenoxy) is 1. The summed E-state index contributed by atoms with van der Waals surface area (Å²) in [7, 11) is 1.47. The SMILES string of the molecule is COc1ccc(/C=C(\F)c2ccccc2)cc1O. The summed E-state index contributed by atoms with van der Waals surface area (Å²) in [6.45, 7) is 0. The second-order valence-electron chi connectivity index (χ2n) is 3.79. The molecule has 1 N–H and O–H groups in total. The van der Waals surface area contributed by atoms with Crippen molar-refractivity contribution in [3.05, 3.63) is 59.7 Å². The zero-order valence-electron chi connectivity index (χ0n) is 9.93. The van der Waals surface area contributed by atoms with Crippen LogP contribution in [0.4, 0.5) is 4.39 Å². The maximum absolute atomic E-state index is 13.9. The van der Waals surface area contributed by atoms with E-state index in [0.29, 0.717) is 16.9 Å². The molecule has 0 unspecified atom stereocenters. The highest BCUT2D eigenvalue weighted by atomic mass is 19.1. The van der Waals surface area contributed by atoms with Crippen molar-refractivity contribution in [3.63, 3.8) is 0 Å². The molecular formula is C15H13FO2. The van der Waals surface area contributed by atoms with Gasteiger partial charge in [-0.15, -0.1) is 0 Å². The van der Waals surface area contributed by atoms with Crippen molar-refractivity contribution in [3.8, 4) is 11.5 Å². The Kier molecular flexibility index (Phi) is 3.63. The average molecular weight is 244 g/mol. The molecule has 0 saturated heterocycles. The predicted octanol–water partition coefficient (Wildman–Crippen LogP) is 3.87. The van der Waals surface area contributed by atoms with Crippen LogP contribution in [0.3, 0.4) is 0 Å². The minimum atomic E-state index is -0.347. The number of hydrogen-bond acceptors (Lipinski definition) is 2. The van der Waals surface area contributed by atoms with Crippen LogP contribution in [-0.2, 0) is 0 Å². The number of phenolic OH excluding ortho intramolecular Hbond substituents is 1. The van der Waals surface area contributed by atoms with Gasteiger partial charge in [0.25, 0.3) is 0 Å². The Morgan fingerprint density at radius 1 is 1.17 bits per heavy atom. The Morgan fingerprint density at radius 3 is 2.50 bits per heavy atom. The smallest absolute Gasteiger partial charge is 0.160 e. The monoisotopic (exact) mass is 244 g/mol. The van der Waals surface area contributed by atoms with Gasteiger partial charge in [-0.1, -0.05) is 36.4 Å². The van der Waals surface area contributed by atoms with E-state index < -0.39 is 0 Å². The molecule has 0 fully saturated rings. The quantitative estimate of drug-likeness (QED) is 0.830. The van der Waals surface area contributed by atoms with Gasteiger partial charge in [0.2, 0.25) is 0 Å². The van der Waals surface area contributed by atoms with E-state index in [9.17, 15) is 9.50 Å². The second kappa shape index (κ2) is 5.36. The molecule has 2 aromatic rings. The summed E-state index contributed by atoms with van der Waals surface area (Å²) in [4.78, 5) is 0. The van der Waals surface area contributed by atoms with Crippen LogP contribution in [0.15, 0.2) is 48.5 Å². The van der Waals surface area contributed by atoms with E-state index in [1.165, 1.54) is 19.3 Å². The van der Waals surface area contributed by atoms with Crippen molar-refractivity contribution in [1.29, 1.82) is 0 Å². The number of hydrogen-bond donors (Lipinski definition) is 1. The largest absolute Gasteiger partial charge is 0.504 e. The summed E-state index contributed by atoms with van der Waals surface area (Å²) in [6.07, 6.45) is 1.37. The van der Waals surface area contributed by atoms with Crippen LogP contribution in [-0.4, -0.2) is 12.2 Å². The molecule has 18 heavy (non-hydrogen) atoms. The second-order valence-corrected chi connectivity index (χ2v) is 3.79. The molecule has 0 aliphatic carbocycles. The van der Waals surface area contributed by atoms with Crippen molar-refractivity contribution >= 4 is 11.9 Å². The van der Waals surface area contributed by atoms with Gasteiger partial charge in [0, 0.05) is 5.56 Å². The Morgan fingerprint density at radius 2 is 1.89 bits per heavy atom. The fraction of sp³-hybridized carbons (Fsp3) is 0.0667. The summed E-state index contributed by atoms with van der Waals surface area (Å²) in [5, 5.41) is 9.60. The van der Waals surface area contributed by atoms with E-state index in [0.717, 1.165) is 0 Å². The molecule has 0 aliphatic rings. The third kappa shape index (κ3) is 2.69. The molecule has 0 radical (unpaired) electrons. The van der Waals surface area contributed by atoms with Crippen molar-refractivity contribution in [2.24, 2.45) is 0 Å². The first-order valence-electron chi connectivity index (χ1n) is 5.50. The van der Waals surface area contributed by atoms with E-state index in [-0.39, 0.29) is 11.6 Å². The Hall–Kier alpha value is -2.29. The van der Waals surface area contributed by atoms with Gasteiger partial charge in [-0.2, -0.15) is 0 Å². The Labute approximate surface area is 105 Å². The van der Waals surface area contributed by atoms with E-state index in [1.807, 2.05) is 6.07 Å². The molecule has 2 nitrogen and oxygen atoms in total. The predicted molar refractivity (Wildman–Crippen MR) is 70.1 cm³/mol. The molecule has 0 heterocycles. The third-order valence-corrected chi connectivity index (χ3v) is 2.55. The van der Waals surface area contributed by atoms with Crippen molar-refractivity contribution in [1.82, 2.24) is 0 Å². The topological polar surface area (TPSA) is 29.5 Å². The number of aromatic hydroxyl groups is 1. The van der Waals surface area contributed by atoms with Gasteiger partial charge >= 0.3 is 0 Å². The number of phenols is 1. The van der Waals surface area contributed by atoms with Gasteiger partial charge in [0.1, 0.15) is 5.83 Å². The molecule has 2 rings (SSSR count). The molecule has 3 heteroatoms. The van der Waals surface area contributed by atoms with Gasteiger partial charge in [0.15, 0.2) is 11.5 Å². The zero-order chi connectivity index (χ0) is 13.0. The maximum atomic E-state index is 13.9. The van der Waals surface area contributed by atoms with Crippen LogP contribution in [0.2, 0.25) is 0 Å². The van der Waals surface area contributed by atoms with Crippen LogP contribution in [0.1, 0.15) is 11.1 Å². The first-order chi connectivity index (χ1) is 8.70. The highest BCUT2D eigenvalue weighted by molar-refractivity contribution is 5.77. The fourth-order valence-corrected chi connectivity index (χ4v) is 1.62. The lowest BCUT2D eigenvalue weighted by Gasteiger charge is -2.04. The molecule has 0 aliphatic heterocycles. The van der Waals surface area contributed by atoms with Crippen molar-refractivity contribution < 1.29 is 14.2 Å². The molecule has 2 aromatic carbocycles. The first-order valence-corrected chi connectivity index (χ1v) is 5.50. The van der Waals surface area contributed by atoms with Crippen LogP contribution < -0.4 is 4.74 Å². The lowest BCUT2D eigenvalue weighted by atomic mass is 10.1. The third-order valence-electron chi connectivity index (χ3n) is 2.55. The van der Waals surface area contributed by atoms with Crippen LogP contribution >= 0.6 is 0 Å². The summed E-state index contributed by atoms with van der Waals surface area (Å²) < 4.78 is 18.8. The average Bonchev–Trinajstić information content (AvgIpc) is 2.40. The van der Waals surface area contributed by atoms with Gasteiger partial charge in [-0.05, 0) is 23.8 Å². The van der Waals surface area contributed by atoms with Crippen LogP contribution in [0, 0.1) is 0 Å². The Bertz CT molecular complexity index is 562. The van der Waals surface area contributed by atoms with Crippen molar-refractivity contribution in [2.45, 2.75) is 0 Å². The fourth-order valence-electron chi connectivity index (χ4n) is 1.62. The van der Waals surface area contributed by atoms with Crippen LogP contribution in [0.25, 0.3) is 11.9 Å². The van der Waals surface area contributed by atoms with Gasteiger partial charge in [0.05, 0.1) is 7.11 Å². The lowest BCUT2D eigenvalue weighted by Crippen LogP contribution is -1.84. The minimum Gasteiger partial charge on any atom is -0.504 e. The molecule has 0 amide bonds. The summed E-state index contributed by atoms with van der Waals surface area (Å²) >= 11 is 0. The van der Waals surface area contributed by atoms with E-state index >= 15 is 0 Å². The molecule has 92 valence electrons. The van der Waals surface area contributed by atoms with E-state index in [2.05, 4.69) is 0 Å². The molecule has 0 spiro atoms. The molecule has 0 saturated carbocycles. The number of halogens is 1. The minimum absolute atomic E-state index is 0.00730. The van der Waals surface area contributed by atoms with Gasteiger partial charge in [-0.25, -0.2) is 4.39 Å². The van der Waals surface area contributed by atoms with Gasteiger partial charge in [-0.3, -0.25) is 0 Å². The number of benzene rings is 2. The summed E-state index contributed by atoms with van der Waals surface area (Å²) in [5.41, 5.74) is 1.09. The lowest BCUT2D eigenvalue weighted by molar-refractivity contribution is 0.373. The first kappa shape index (κ1) is 12.2. The molecule has 0 bridgehead atoms. The molecule has 0 aromatic heterocycles. The van der Waals surface area contributed by atoms with E-state index in [1.54, 1.807) is 36.4 Å². The standard InChI is InChI=1S/C15H13FO2/c1-18-15-8-7-11(10-14(15)17)9-13(16)12-5-3-2-4-6-12/h2-10,17H,1H3/b13-9-. The number of methoxy groups -OCH3 is 1. The molecular weight excluding hydrogens is 231 g/mol.